The standard InChI is InChI=1S/C18H28N2O/c1-14(21)10-19-18-9-5-8-16-12-20(13-17(16)18)11-15-6-3-2-4-7-15/h2-4,6-7,14,16-19,21H,5,8-13H2,1H3/t14-,16-,17-,18+/m0/s1. The van der Waals surface area contributed by atoms with Gasteiger partial charge in [0.15, 0.2) is 0 Å². The number of aliphatic hydroxyl groups is 1. The van der Waals surface area contributed by atoms with Crippen LogP contribution in [0.4, 0.5) is 0 Å². The molecule has 1 saturated carbocycles. The zero-order valence-electron chi connectivity index (χ0n) is 13.0. The van der Waals surface area contributed by atoms with E-state index < -0.39 is 0 Å². The number of rotatable bonds is 5. The highest BCUT2D eigenvalue weighted by molar-refractivity contribution is 5.15. The maximum Gasteiger partial charge on any atom is 0.0636 e. The first-order valence-electron chi connectivity index (χ1n) is 8.40. The Kier molecular flexibility index (Phi) is 4.94. The van der Waals surface area contributed by atoms with Crippen molar-refractivity contribution in [3.05, 3.63) is 35.9 Å². The summed E-state index contributed by atoms with van der Waals surface area (Å²) in [4.78, 5) is 2.62. The Balaban J connectivity index is 1.57. The van der Waals surface area contributed by atoms with Crippen molar-refractivity contribution in [1.29, 1.82) is 0 Å². The Morgan fingerprint density at radius 3 is 2.81 bits per heavy atom. The van der Waals surface area contributed by atoms with E-state index in [4.69, 9.17) is 0 Å². The summed E-state index contributed by atoms with van der Waals surface area (Å²) in [6, 6.07) is 11.4. The quantitative estimate of drug-likeness (QED) is 0.872. The minimum absolute atomic E-state index is 0.243. The lowest BCUT2D eigenvalue weighted by Crippen LogP contribution is -2.44. The molecule has 1 aromatic carbocycles. The van der Waals surface area contributed by atoms with Gasteiger partial charge >= 0.3 is 0 Å². The molecule has 2 aliphatic rings. The third kappa shape index (κ3) is 3.85. The van der Waals surface area contributed by atoms with Crippen LogP contribution in [0.3, 0.4) is 0 Å². The van der Waals surface area contributed by atoms with Gasteiger partial charge in [-0.1, -0.05) is 36.8 Å². The number of hydrogen-bond donors (Lipinski definition) is 2. The van der Waals surface area contributed by atoms with Gasteiger partial charge in [-0.25, -0.2) is 0 Å². The van der Waals surface area contributed by atoms with Gasteiger partial charge in [0.2, 0.25) is 0 Å². The van der Waals surface area contributed by atoms with Crippen LogP contribution in [-0.4, -0.2) is 41.8 Å². The van der Waals surface area contributed by atoms with Crippen molar-refractivity contribution in [2.75, 3.05) is 19.6 Å². The maximum absolute atomic E-state index is 9.50. The van der Waals surface area contributed by atoms with E-state index in [1.807, 2.05) is 6.92 Å². The molecule has 1 aromatic rings. The van der Waals surface area contributed by atoms with Crippen molar-refractivity contribution < 1.29 is 5.11 Å². The second kappa shape index (κ2) is 6.91. The van der Waals surface area contributed by atoms with E-state index in [1.165, 1.54) is 37.9 Å². The molecule has 2 N–H and O–H groups in total. The van der Waals surface area contributed by atoms with E-state index in [-0.39, 0.29) is 6.10 Å². The minimum Gasteiger partial charge on any atom is -0.392 e. The van der Waals surface area contributed by atoms with E-state index in [0.29, 0.717) is 6.04 Å². The first kappa shape index (κ1) is 15.0. The fourth-order valence-electron chi connectivity index (χ4n) is 4.11. The SMILES string of the molecule is C[C@H](O)CN[C@@H]1CCC[C@H]2CN(Cc3ccccc3)C[C@@H]21. The van der Waals surface area contributed by atoms with Gasteiger partial charge in [0.1, 0.15) is 0 Å². The summed E-state index contributed by atoms with van der Waals surface area (Å²) < 4.78 is 0. The molecule has 2 fully saturated rings. The van der Waals surface area contributed by atoms with Crippen molar-refractivity contribution in [3.8, 4) is 0 Å². The van der Waals surface area contributed by atoms with Crippen LogP contribution in [-0.2, 0) is 6.54 Å². The molecule has 1 saturated heterocycles. The van der Waals surface area contributed by atoms with Gasteiger partial charge in [-0.05, 0) is 37.2 Å². The van der Waals surface area contributed by atoms with Crippen LogP contribution in [0.25, 0.3) is 0 Å². The number of benzene rings is 1. The average Bonchev–Trinajstić information content (AvgIpc) is 2.89. The first-order chi connectivity index (χ1) is 10.2. The molecule has 4 atom stereocenters. The van der Waals surface area contributed by atoms with E-state index in [9.17, 15) is 5.11 Å². The molecule has 3 rings (SSSR count). The Hall–Kier alpha value is -0.900. The Morgan fingerprint density at radius 2 is 2.05 bits per heavy atom. The molecule has 0 aromatic heterocycles. The molecular weight excluding hydrogens is 260 g/mol. The van der Waals surface area contributed by atoms with Crippen LogP contribution in [0.15, 0.2) is 30.3 Å². The summed E-state index contributed by atoms with van der Waals surface area (Å²) in [6.07, 6.45) is 3.74. The third-order valence-electron chi connectivity index (χ3n) is 5.10. The molecule has 3 heteroatoms. The van der Waals surface area contributed by atoms with Crippen LogP contribution < -0.4 is 5.32 Å². The van der Waals surface area contributed by atoms with Crippen molar-refractivity contribution in [2.45, 2.75) is 44.9 Å². The van der Waals surface area contributed by atoms with Crippen molar-refractivity contribution in [1.82, 2.24) is 10.2 Å². The highest BCUT2D eigenvalue weighted by Crippen LogP contribution is 2.36. The van der Waals surface area contributed by atoms with Gasteiger partial charge in [0, 0.05) is 32.2 Å². The number of nitrogens with zero attached hydrogens (tertiary/aromatic N) is 1. The summed E-state index contributed by atoms with van der Waals surface area (Å²) >= 11 is 0. The minimum atomic E-state index is -0.243. The number of nitrogens with one attached hydrogen (secondary N) is 1. The number of fused-ring (bicyclic) bond motifs is 1. The van der Waals surface area contributed by atoms with E-state index in [1.54, 1.807) is 0 Å². The predicted molar refractivity (Wildman–Crippen MR) is 86.0 cm³/mol. The molecule has 21 heavy (non-hydrogen) atoms. The molecular formula is C18H28N2O. The number of likely N-dealkylation sites (tertiary alicyclic amines) is 1. The number of aliphatic hydroxyl groups excluding tert-OH is 1. The second-order valence-corrected chi connectivity index (χ2v) is 6.90. The predicted octanol–water partition coefficient (Wildman–Crippen LogP) is 2.26. The molecule has 3 nitrogen and oxygen atoms in total. The zero-order chi connectivity index (χ0) is 14.7. The lowest BCUT2D eigenvalue weighted by atomic mass is 9.78. The van der Waals surface area contributed by atoms with Gasteiger partial charge in [-0.15, -0.1) is 0 Å². The molecule has 1 aliphatic heterocycles. The zero-order valence-corrected chi connectivity index (χ0v) is 13.0. The summed E-state index contributed by atoms with van der Waals surface area (Å²) in [5.41, 5.74) is 1.42. The van der Waals surface area contributed by atoms with Gasteiger partial charge in [0.25, 0.3) is 0 Å². The van der Waals surface area contributed by atoms with Crippen LogP contribution in [0, 0.1) is 11.8 Å². The van der Waals surface area contributed by atoms with Crippen LogP contribution >= 0.6 is 0 Å². The third-order valence-corrected chi connectivity index (χ3v) is 5.10. The highest BCUT2D eigenvalue weighted by atomic mass is 16.3. The average molecular weight is 288 g/mol. The molecule has 1 heterocycles. The molecule has 1 aliphatic carbocycles. The van der Waals surface area contributed by atoms with E-state index in [0.717, 1.165) is 24.9 Å². The molecule has 0 bridgehead atoms. The Morgan fingerprint density at radius 1 is 1.24 bits per heavy atom. The molecule has 0 unspecified atom stereocenters. The van der Waals surface area contributed by atoms with Gasteiger partial charge in [-0.2, -0.15) is 0 Å². The van der Waals surface area contributed by atoms with Gasteiger partial charge < -0.3 is 10.4 Å². The summed E-state index contributed by atoms with van der Waals surface area (Å²) in [5.74, 6) is 1.61. The smallest absolute Gasteiger partial charge is 0.0636 e. The lowest BCUT2D eigenvalue weighted by Gasteiger charge is -2.34. The van der Waals surface area contributed by atoms with Crippen LogP contribution in [0.5, 0.6) is 0 Å². The van der Waals surface area contributed by atoms with E-state index >= 15 is 0 Å². The molecule has 0 amide bonds. The largest absolute Gasteiger partial charge is 0.392 e. The van der Waals surface area contributed by atoms with Gasteiger partial charge in [-0.3, -0.25) is 4.90 Å². The first-order valence-corrected chi connectivity index (χ1v) is 8.40. The normalized spacial score (nSPS) is 31.0. The summed E-state index contributed by atoms with van der Waals surface area (Å²) in [6.45, 7) is 6.12. The van der Waals surface area contributed by atoms with Gasteiger partial charge in [0.05, 0.1) is 6.10 Å². The van der Waals surface area contributed by atoms with Crippen molar-refractivity contribution in [3.63, 3.8) is 0 Å². The second-order valence-electron chi connectivity index (χ2n) is 6.90. The maximum atomic E-state index is 9.50. The fraction of sp³-hybridized carbons (Fsp3) is 0.667. The summed E-state index contributed by atoms with van der Waals surface area (Å²) in [7, 11) is 0. The topological polar surface area (TPSA) is 35.5 Å². The molecule has 0 spiro atoms. The van der Waals surface area contributed by atoms with E-state index in [2.05, 4.69) is 40.5 Å². The Bertz CT molecular complexity index is 434. The fourth-order valence-corrected chi connectivity index (χ4v) is 4.11. The highest BCUT2D eigenvalue weighted by Gasteiger charge is 2.39. The molecule has 116 valence electrons. The lowest BCUT2D eigenvalue weighted by molar-refractivity contribution is 0.160. The van der Waals surface area contributed by atoms with Crippen LogP contribution in [0.1, 0.15) is 31.7 Å². The summed E-state index contributed by atoms with van der Waals surface area (Å²) in [5, 5.41) is 13.1. The molecule has 0 radical (unpaired) electrons. The van der Waals surface area contributed by atoms with Crippen molar-refractivity contribution >= 4 is 0 Å². The number of hydrogen-bond acceptors (Lipinski definition) is 3. The van der Waals surface area contributed by atoms with Crippen LogP contribution in [0.2, 0.25) is 0 Å². The van der Waals surface area contributed by atoms with Crippen molar-refractivity contribution in [2.24, 2.45) is 11.8 Å². The Labute approximate surface area is 128 Å². The monoisotopic (exact) mass is 288 g/mol.